The lowest BCUT2D eigenvalue weighted by Crippen LogP contribution is -2.27. The number of halogens is 1. The molecule has 0 aromatic heterocycles. The summed E-state index contributed by atoms with van der Waals surface area (Å²) >= 11 is 5.49. The molecule has 0 heterocycles. The van der Waals surface area contributed by atoms with Crippen LogP contribution in [-0.4, -0.2) is 11.8 Å². The van der Waals surface area contributed by atoms with Gasteiger partial charge in [0.2, 0.25) is 5.91 Å². The molecule has 0 bridgehead atoms. The van der Waals surface area contributed by atoms with E-state index in [1.807, 2.05) is 6.92 Å². The standard InChI is InChI=1S/C14H18ClNO/c1-10(16-14(17)9-15)12-7-6-11-4-2-3-5-13(11)8-12/h6-8,10H,2-5,9H2,1H3,(H,16,17)/t10-/m0/s1. The molecule has 0 unspecified atom stereocenters. The average Bonchev–Trinajstić information content (AvgIpc) is 2.38. The van der Waals surface area contributed by atoms with Gasteiger partial charge in [0.25, 0.3) is 0 Å². The van der Waals surface area contributed by atoms with E-state index in [0.29, 0.717) is 0 Å². The summed E-state index contributed by atoms with van der Waals surface area (Å²) < 4.78 is 0. The summed E-state index contributed by atoms with van der Waals surface area (Å²) in [5.74, 6) is -0.0909. The highest BCUT2D eigenvalue weighted by molar-refractivity contribution is 6.27. The molecular formula is C14H18ClNO. The predicted molar refractivity (Wildman–Crippen MR) is 70.4 cm³/mol. The van der Waals surface area contributed by atoms with Gasteiger partial charge >= 0.3 is 0 Å². The fourth-order valence-electron chi connectivity index (χ4n) is 2.39. The van der Waals surface area contributed by atoms with E-state index in [2.05, 4.69) is 23.5 Å². The molecule has 0 spiro atoms. The summed E-state index contributed by atoms with van der Waals surface area (Å²) in [5.41, 5.74) is 4.08. The van der Waals surface area contributed by atoms with Crippen molar-refractivity contribution in [1.29, 1.82) is 0 Å². The summed E-state index contributed by atoms with van der Waals surface area (Å²) in [7, 11) is 0. The smallest absolute Gasteiger partial charge is 0.235 e. The number of hydrogen-bond donors (Lipinski definition) is 1. The molecule has 1 aliphatic carbocycles. The van der Waals surface area contributed by atoms with Gasteiger partial charge in [-0.1, -0.05) is 18.2 Å². The lowest BCUT2D eigenvalue weighted by atomic mass is 9.89. The molecule has 2 rings (SSSR count). The lowest BCUT2D eigenvalue weighted by molar-refractivity contribution is -0.119. The Bertz CT molecular complexity index is 417. The first-order valence-electron chi connectivity index (χ1n) is 6.17. The van der Waals surface area contributed by atoms with E-state index in [0.717, 1.165) is 0 Å². The summed E-state index contributed by atoms with van der Waals surface area (Å²) in [6.45, 7) is 2.00. The van der Waals surface area contributed by atoms with Crippen molar-refractivity contribution < 1.29 is 4.79 Å². The van der Waals surface area contributed by atoms with Crippen LogP contribution in [0.2, 0.25) is 0 Å². The normalized spacial score (nSPS) is 16.1. The van der Waals surface area contributed by atoms with Crippen LogP contribution in [-0.2, 0) is 17.6 Å². The number of amides is 1. The molecule has 92 valence electrons. The minimum atomic E-state index is -0.114. The molecule has 1 N–H and O–H groups in total. The molecule has 1 atom stereocenters. The highest BCUT2D eigenvalue weighted by atomic mass is 35.5. The lowest BCUT2D eigenvalue weighted by Gasteiger charge is -2.19. The Balaban J connectivity index is 2.13. The summed E-state index contributed by atoms with van der Waals surface area (Å²) in [5, 5.41) is 2.88. The number of carbonyl (C=O) groups is 1. The van der Waals surface area contributed by atoms with Gasteiger partial charge in [-0.05, 0) is 49.3 Å². The molecule has 0 aliphatic heterocycles. The van der Waals surface area contributed by atoms with Crippen LogP contribution in [0.4, 0.5) is 0 Å². The van der Waals surface area contributed by atoms with Gasteiger partial charge in [0.1, 0.15) is 5.88 Å². The van der Waals surface area contributed by atoms with Gasteiger partial charge in [-0.3, -0.25) is 4.79 Å². The zero-order chi connectivity index (χ0) is 12.3. The molecule has 0 radical (unpaired) electrons. The van der Waals surface area contributed by atoms with E-state index in [-0.39, 0.29) is 17.8 Å². The van der Waals surface area contributed by atoms with Crippen molar-refractivity contribution in [3.8, 4) is 0 Å². The maximum Gasteiger partial charge on any atom is 0.235 e. The van der Waals surface area contributed by atoms with E-state index in [1.165, 1.54) is 42.4 Å². The Morgan fingerprint density at radius 3 is 2.76 bits per heavy atom. The fourth-order valence-corrected chi connectivity index (χ4v) is 2.46. The molecule has 1 amide bonds. The van der Waals surface area contributed by atoms with E-state index in [4.69, 9.17) is 11.6 Å². The summed E-state index contributed by atoms with van der Waals surface area (Å²) in [6, 6.07) is 6.58. The number of nitrogens with one attached hydrogen (secondary N) is 1. The van der Waals surface area contributed by atoms with Gasteiger partial charge in [0, 0.05) is 0 Å². The van der Waals surface area contributed by atoms with Crippen LogP contribution < -0.4 is 5.32 Å². The number of rotatable bonds is 3. The maximum atomic E-state index is 11.2. The zero-order valence-corrected chi connectivity index (χ0v) is 10.9. The molecule has 0 saturated heterocycles. The summed E-state index contributed by atoms with van der Waals surface area (Å²) in [6.07, 6.45) is 4.93. The second kappa shape index (κ2) is 5.54. The third-order valence-electron chi connectivity index (χ3n) is 3.37. The third-order valence-corrected chi connectivity index (χ3v) is 3.61. The highest BCUT2D eigenvalue weighted by Crippen LogP contribution is 2.24. The molecule has 1 aliphatic rings. The molecule has 0 fully saturated rings. The monoisotopic (exact) mass is 251 g/mol. The van der Waals surface area contributed by atoms with Gasteiger partial charge in [0.15, 0.2) is 0 Å². The van der Waals surface area contributed by atoms with Gasteiger partial charge in [-0.25, -0.2) is 0 Å². The fraction of sp³-hybridized carbons (Fsp3) is 0.500. The maximum absolute atomic E-state index is 11.2. The summed E-state index contributed by atoms with van der Waals surface area (Å²) in [4.78, 5) is 11.2. The number of alkyl halides is 1. The Labute approximate surface area is 107 Å². The van der Waals surface area contributed by atoms with E-state index < -0.39 is 0 Å². The van der Waals surface area contributed by atoms with Crippen molar-refractivity contribution in [2.24, 2.45) is 0 Å². The Hall–Kier alpha value is -1.02. The number of fused-ring (bicyclic) bond motifs is 1. The molecule has 2 nitrogen and oxygen atoms in total. The molecule has 3 heteroatoms. The average molecular weight is 252 g/mol. The largest absolute Gasteiger partial charge is 0.349 e. The SMILES string of the molecule is C[C@H](NC(=O)CCl)c1ccc2c(c1)CCCC2. The first-order valence-corrected chi connectivity index (χ1v) is 6.71. The van der Waals surface area contributed by atoms with Crippen LogP contribution in [0.1, 0.15) is 42.5 Å². The number of benzene rings is 1. The second-order valence-corrected chi connectivity index (χ2v) is 4.93. The number of aryl methyl sites for hydroxylation is 2. The molecule has 17 heavy (non-hydrogen) atoms. The Morgan fingerprint density at radius 1 is 1.35 bits per heavy atom. The molecule has 0 saturated carbocycles. The van der Waals surface area contributed by atoms with Crippen molar-refractivity contribution >= 4 is 17.5 Å². The Kier molecular flexibility index (Phi) is 4.06. The Morgan fingerprint density at radius 2 is 2.06 bits per heavy atom. The van der Waals surface area contributed by atoms with Gasteiger partial charge in [-0.2, -0.15) is 0 Å². The van der Waals surface area contributed by atoms with Crippen LogP contribution in [0.25, 0.3) is 0 Å². The minimum absolute atomic E-state index is 0.0231. The first-order chi connectivity index (χ1) is 8.20. The van der Waals surface area contributed by atoms with Crippen LogP contribution in [0.5, 0.6) is 0 Å². The topological polar surface area (TPSA) is 29.1 Å². The molecular weight excluding hydrogens is 234 g/mol. The quantitative estimate of drug-likeness (QED) is 0.823. The van der Waals surface area contributed by atoms with Crippen molar-refractivity contribution in [2.45, 2.75) is 38.6 Å². The molecule has 1 aromatic rings. The zero-order valence-electron chi connectivity index (χ0n) is 10.1. The van der Waals surface area contributed by atoms with Gasteiger partial charge in [0.05, 0.1) is 6.04 Å². The van der Waals surface area contributed by atoms with Crippen LogP contribution in [0.15, 0.2) is 18.2 Å². The highest BCUT2D eigenvalue weighted by Gasteiger charge is 2.13. The van der Waals surface area contributed by atoms with Gasteiger partial charge < -0.3 is 5.32 Å². The van der Waals surface area contributed by atoms with Crippen molar-refractivity contribution in [1.82, 2.24) is 5.32 Å². The van der Waals surface area contributed by atoms with E-state index >= 15 is 0 Å². The van der Waals surface area contributed by atoms with Crippen LogP contribution >= 0.6 is 11.6 Å². The van der Waals surface area contributed by atoms with Crippen molar-refractivity contribution in [3.05, 3.63) is 34.9 Å². The second-order valence-electron chi connectivity index (χ2n) is 4.66. The minimum Gasteiger partial charge on any atom is -0.349 e. The van der Waals surface area contributed by atoms with Gasteiger partial charge in [-0.15, -0.1) is 11.6 Å². The number of hydrogen-bond acceptors (Lipinski definition) is 1. The van der Waals surface area contributed by atoms with E-state index in [9.17, 15) is 4.79 Å². The van der Waals surface area contributed by atoms with Crippen molar-refractivity contribution in [2.75, 3.05) is 5.88 Å². The van der Waals surface area contributed by atoms with Crippen LogP contribution in [0.3, 0.4) is 0 Å². The third kappa shape index (κ3) is 3.01. The predicted octanol–water partition coefficient (Wildman–Crippen LogP) is 2.98. The first kappa shape index (κ1) is 12.4. The van der Waals surface area contributed by atoms with Crippen molar-refractivity contribution in [3.63, 3.8) is 0 Å². The van der Waals surface area contributed by atoms with Crippen LogP contribution in [0, 0.1) is 0 Å². The number of carbonyl (C=O) groups excluding carboxylic acids is 1. The van der Waals surface area contributed by atoms with E-state index in [1.54, 1.807) is 0 Å². The molecule has 1 aromatic carbocycles.